The van der Waals surface area contributed by atoms with E-state index >= 15 is 0 Å². The third-order valence-corrected chi connectivity index (χ3v) is 11.5. The molecule has 0 saturated carbocycles. The molecule has 0 amide bonds. The minimum absolute atomic E-state index is 0.891. The van der Waals surface area contributed by atoms with Crippen molar-refractivity contribution in [1.29, 1.82) is 0 Å². The molecule has 272 valence electrons. The maximum Gasteiger partial charge on any atom is 0.143 e. The van der Waals surface area contributed by atoms with Crippen LogP contribution in [-0.2, 0) is 0 Å². The summed E-state index contributed by atoms with van der Waals surface area (Å²) < 4.78 is 6.77. The zero-order valence-corrected chi connectivity index (χ0v) is 31.7. The maximum atomic E-state index is 6.77. The molecule has 10 aromatic carbocycles. The molecule has 0 aliphatic rings. The summed E-state index contributed by atoms with van der Waals surface area (Å²) in [5, 5.41) is 7.19. The van der Waals surface area contributed by atoms with Crippen LogP contribution in [0.25, 0.3) is 88.0 Å². The smallest absolute Gasteiger partial charge is 0.143 e. The number of hydrogen-bond donors (Lipinski definition) is 0. The third kappa shape index (κ3) is 5.82. The molecule has 11 aromatic rings. The van der Waals surface area contributed by atoms with Crippen LogP contribution < -0.4 is 4.90 Å². The molecule has 0 aliphatic carbocycles. The van der Waals surface area contributed by atoms with Crippen molar-refractivity contribution in [3.63, 3.8) is 0 Å². The Hall–Kier alpha value is -7.68. The minimum Gasteiger partial charge on any atom is -0.455 e. The van der Waals surface area contributed by atoms with E-state index < -0.39 is 0 Å². The van der Waals surface area contributed by atoms with Gasteiger partial charge in [0.05, 0.1) is 5.69 Å². The van der Waals surface area contributed by atoms with Gasteiger partial charge in [0.2, 0.25) is 0 Å². The number of para-hydroxylation sites is 2. The first-order valence-corrected chi connectivity index (χ1v) is 19.8. The molecule has 2 nitrogen and oxygen atoms in total. The normalized spacial score (nSPS) is 11.4. The fraction of sp³-hybridized carbons (Fsp3) is 0. The minimum atomic E-state index is 0.891. The van der Waals surface area contributed by atoms with Gasteiger partial charge in [-0.05, 0) is 97.4 Å². The molecule has 0 N–H and O–H groups in total. The molecule has 0 unspecified atom stereocenters. The van der Waals surface area contributed by atoms with E-state index in [9.17, 15) is 0 Å². The van der Waals surface area contributed by atoms with Crippen molar-refractivity contribution in [2.45, 2.75) is 0 Å². The fourth-order valence-corrected chi connectivity index (χ4v) is 8.68. The van der Waals surface area contributed by atoms with Crippen LogP contribution in [0.1, 0.15) is 0 Å². The Bertz CT molecular complexity index is 3260. The Morgan fingerprint density at radius 2 is 0.828 bits per heavy atom. The zero-order valence-electron chi connectivity index (χ0n) is 31.7. The number of anilines is 3. The SMILES string of the molecule is c1ccc(-c2ccc(N(c3ccc(-c4cccc(-c5cccc6ccccc56)c4)cc3)c3ccccc3-c3cccc4c3oc3ccc5ccccc5c34)cc2)cc1. The molecule has 58 heavy (non-hydrogen) atoms. The van der Waals surface area contributed by atoms with E-state index in [0.717, 1.165) is 55.7 Å². The second-order valence-electron chi connectivity index (χ2n) is 14.9. The van der Waals surface area contributed by atoms with E-state index in [-0.39, 0.29) is 0 Å². The van der Waals surface area contributed by atoms with Gasteiger partial charge in [0.25, 0.3) is 0 Å². The Morgan fingerprint density at radius 1 is 0.310 bits per heavy atom. The van der Waals surface area contributed by atoms with Crippen molar-refractivity contribution in [1.82, 2.24) is 0 Å². The van der Waals surface area contributed by atoms with Gasteiger partial charge in [-0.3, -0.25) is 0 Å². The highest BCUT2D eigenvalue weighted by Gasteiger charge is 2.21. The van der Waals surface area contributed by atoms with E-state index in [1.807, 2.05) is 0 Å². The largest absolute Gasteiger partial charge is 0.455 e. The van der Waals surface area contributed by atoms with E-state index in [0.29, 0.717) is 0 Å². The van der Waals surface area contributed by atoms with E-state index in [1.54, 1.807) is 0 Å². The quantitative estimate of drug-likeness (QED) is 0.162. The van der Waals surface area contributed by atoms with Gasteiger partial charge in [-0.15, -0.1) is 0 Å². The predicted octanol–water partition coefficient (Wildman–Crippen LogP) is 16.0. The number of nitrogens with zero attached hydrogens (tertiary/aromatic N) is 1. The molecule has 0 atom stereocenters. The summed E-state index contributed by atoms with van der Waals surface area (Å²) >= 11 is 0. The summed E-state index contributed by atoms with van der Waals surface area (Å²) in [6, 6.07) is 80.5. The summed E-state index contributed by atoms with van der Waals surface area (Å²) in [4.78, 5) is 2.37. The molecule has 0 fully saturated rings. The number of benzene rings is 10. The molecule has 0 radical (unpaired) electrons. The topological polar surface area (TPSA) is 16.4 Å². The predicted molar refractivity (Wildman–Crippen MR) is 245 cm³/mol. The van der Waals surface area contributed by atoms with E-state index in [1.165, 1.54) is 49.4 Å². The van der Waals surface area contributed by atoms with Crippen molar-refractivity contribution in [3.05, 3.63) is 224 Å². The first kappa shape index (κ1) is 33.6. The molecule has 1 aromatic heterocycles. The van der Waals surface area contributed by atoms with Gasteiger partial charge in [0, 0.05) is 33.3 Å². The molecular formula is C56H37NO. The molecular weight excluding hydrogens is 703 g/mol. The summed E-state index contributed by atoms with van der Waals surface area (Å²) in [7, 11) is 0. The highest BCUT2D eigenvalue weighted by Crippen LogP contribution is 2.46. The number of hydrogen-bond acceptors (Lipinski definition) is 2. The number of rotatable bonds is 7. The van der Waals surface area contributed by atoms with Crippen molar-refractivity contribution in [3.8, 4) is 44.5 Å². The highest BCUT2D eigenvalue weighted by atomic mass is 16.3. The lowest BCUT2D eigenvalue weighted by Crippen LogP contribution is -2.11. The van der Waals surface area contributed by atoms with Gasteiger partial charge in [0.15, 0.2) is 0 Å². The lowest BCUT2D eigenvalue weighted by molar-refractivity contribution is 0.670. The summed E-state index contributed by atoms with van der Waals surface area (Å²) in [5.74, 6) is 0. The Morgan fingerprint density at radius 3 is 1.62 bits per heavy atom. The van der Waals surface area contributed by atoms with Crippen LogP contribution >= 0.6 is 0 Å². The standard InChI is InChI=1S/C56H37NO/c1-2-13-38(14-3-1)39-27-32-45(33-28-39)57(46-34-29-40(30-35-46)43-18-10-19-44(37-43)48-23-11-17-41-15-4-6-20-47(41)48)53-26-9-8-22-50(53)51-24-12-25-52-55-49-21-7-5-16-42(49)31-36-54(55)58-56(51)52/h1-37H. The Balaban J connectivity index is 1.04. The van der Waals surface area contributed by atoms with Gasteiger partial charge < -0.3 is 9.32 Å². The van der Waals surface area contributed by atoms with Crippen molar-refractivity contribution in [2.24, 2.45) is 0 Å². The van der Waals surface area contributed by atoms with Gasteiger partial charge in [-0.2, -0.15) is 0 Å². The number of furan rings is 1. The second-order valence-corrected chi connectivity index (χ2v) is 14.9. The van der Waals surface area contributed by atoms with Gasteiger partial charge in [-0.1, -0.05) is 182 Å². The second kappa shape index (κ2) is 14.1. The van der Waals surface area contributed by atoms with Crippen LogP contribution in [0.15, 0.2) is 229 Å². The first-order valence-electron chi connectivity index (χ1n) is 19.8. The van der Waals surface area contributed by atoms with E-state index in [4.69, 9.17) is 4.42 Å². The molecule has 0 aliphatic heterocycles. The van der Waals surface area contributed by atoms with Gasteiger partial charge >= 0.3 is 0 Å². The summed E-state index contributed by atoms with van der Waals surface area (Å²) in [6.07, 6.45) is 0. The first-order chi connectivity index (χ1) is 28.8. The molecule has 0 saturated heterocycles. The van der Waals surface area contributed by atoms with Crippen LogP contribution in [0.4, 0.5) is 17.1 Å². The van der Waals surface area contributed by atoms with Gasteiger partial charge in [-0.25, -0.2) is 0 Å². The summed E-state index contributed by atoms with van der Waals surface area (Å²) in [6.45, 7) is 0. The van der Waals surface area contributed by atoms with Crippen molar-refractivity contribution >= 4 is 60.5 Å². The zero-order chi connectivity index (χ0) is 38.4. The lowest BCUT2D eigenvalue weighted by atomic mass is 9.95. The molecule has 11 rings (SSSR count). The fourth-order valence-electron chi connectivity index (χ4n) is 8.68. The van der Waals surface area contributed by atoms with E-state index in [2.05, 4.69) is 229 Å². The summed E-state index contributed by atoms with van der Waals surface area (Å²) in [5.41, 5.74) is 14.3. The average molecular weight is 740 g/mol. The van der Waals surface area contributed by atoms with Gasteiger partial charge in [0.1, 0.15) is 11.2 Å². The highest BCUT2D eigenvalue weighted by molar-refractivity contribution is 6.21. The molecule has 0 spiro atoms. The molecule has 2 heteroatoms. The third-order valence-electron chi connectivity index (χ3n) is 11.5. The number of fused-ring (bicyclic) bond motifs is 6. The van der Waals surface area contributed by atoms with Crippen LogP contribution in [0.2, 0.25) is 0 Å². The Labute approximate surface area is 337 Å². The monoisotopic (exact) mass is 739 g/mol. The van der Waals surface area contributed by atoms with Crippen LogP contribution in [0.5, 0.6) is 0 Å². The molecule has 1 heterocycles. The van der Waals surface area contributed by atoms with Crippen molar-refractivity contribution in [2.75, 3.05) is 4.90 Å². The van der Waals surface area contributed by atoms with Crippen LogP contribution in [-0.4, -0.2) is 0 Å². The average Bonchev–Trinajstić information content (AvgIpc) is 3.70. The van der Waals surface area contributed by atoms with Crippen molar-refractivity contribution < 1.29 is 4.42 Å². The maximum absolute atomic E-state index is 6.77. The molecule has 0 bridgehead atoms. The lowest BCUT2D eigenvalue weighted by Gasteiger charge is -2.28. The van der Waals surface area contributed by atoms with Crippen LogP contribution in [0.3, 0.4) is 0 Å². The Kier molecular flexibility index (Phi) is 8.19. The van der Waals surface area contributed by atoms with Crippen LogP contribution in [0, 0.1) is 0 Å².